The summed E-state index contributed by atoms with van der Waals surface area (Å²) in [5, 5.41) is 0. The van der Waals surface area contributed by atoms with E-state index in [2.05, 4.69) is 43.8 Å². The second-order valence-corrected chi connectivity index (χ2v) is 4.61. The first-order valence-corrected chi connectivity index (χ1v) is 6.30. The van der Waals surface area contributed by atoms with Crippen LogP contribution in [0.2, 0.25) is 0 Å². The van der Waals surface area contributed by atoms with E-state index in [1.54, 1.807) is 0 Å². The third kappa shape index (κ3) is 3.93. The van der Waals surface area contributed by atoms with Crippen molar-refractivity contribution in [2.24, 2.45) is 0 Å². The van der Waals surface area contributed by atoms with Crippen molar-refractivity contribution in [2.45, 2.75) is 46.6 Å². The zero-order valence-electron chi connectivity index (χ0n) is 11.1. The van der Waals surface area contributed by atoms with Gasteiger partial charge in [0.15, 0.2) is 0 Å². The molecule has 2 nitrogen and oxygen atoms in total. The molecule has 2 heteroatoms. The highest BCUT2D eigenvalue weighted by Crippen LogP contribution is 2.16. The molecule has 0 bridgehead atoms. The lowest BCUT2D eigenvalue weighted by molar-refractivity contribution is 0.310. The Hall–Kier alpha value is -0.890. The number of aryl methyl sites for hydroxylation is 1. The van der Waals surface area contributed by atoms with Crippen LogP contribution in [0.1, 0.15) is 43.5 Å². The molecule has 0 aliphatic carbocycles. The van der Waals surface area contributed by atoms with Gasteiger partial charge in [0.2, 0.25) is 0 Å². The number of hydrogen-bond acceptors (Lipinski definition) is 2. The minimum absolute atomic E-state index is 1.06. The molecule has 1 aliphatic heterocycles. The van der Waals surface area contributed by atoms with Crippen molar-refractivity contribution in [3.05, 3.63) is 29.1 Å². The number of rotatable bonds is 1. The molecule has 0 saturated heterocycles. The van der Waals surface area contributed by atoms with Crippen LogP contribution in [0.3, 0.4) is 0 Å². The Labute approximate surface area is 99.7 Å². The summed E-state index contributed by atoms with van der Waals surface area (Å²) in [5.41, 5.74) is 3.96. The molecule has 1 aromatic heterocycles. The maximum atomic E-state index is 4.43. The molecule has 0 radical (unpaired) electrons. The van der Waals surface area contributed by atoms with Gasteiger partial charge in [-0.05, 0) is 25.1 Å². The van der Waals surface area contributed by atoms with E-state index in [0.717, 1.165) is 19.5 Å². The average Bonchev–Trinajstić information content (AvgIpc) is 2.29. The normalized spacial score (nSPS) is 15.0. The van der Waals surface area contributed by atoms with Crippen LogP contribution in [0, 0.1) is 6.92 Å². The first-order chi connectivity index (χ1) is 7.67. The van der Waals surface area contributed by atoms with Crippen molar-refractivity contribution in [2.75, 3.05) is 13.6 Å². The molecule has 90 valence electrons. The van der Waals surface area contributed by atoms with Crippen LogP contribution in [0.4, 0.5) is 0 Å². The molecule has 1 aliphatic rings. The topological polar surface area (TPSA) is 16.1 Å². The highest BCUT2D eigenvalue weighted by Gasteiger charge is 2.13. The number of aromatic nitrogens is 1. The number of fused-ring (bicyclic) bond motifs is 1. The standard InChI is InChI=1S/C10H14N2.C4H10/c1-8-5-9-7-12(2)4-3-10(9)11-6-8;1-3-4-2/h5-6H,3-4,7H2,1-2H3;3-4H2,1-2H3. The van der Waals surface area contributed by atoms with Gasteiger partial charge >= 0.3 is 0 Å². The smallest absolute Gasteiger partial charge is 0.0461 e. The lowest BCUT2D eigenvalue weighted by Gasteiger charge is -2.24. The van der Waals surface area contributed by atoms with Gasteiger partial charge in [-0.15, -0.1) is 0 Å². The highest BCUT2D eigenvalue weighted by atomic mass is 15.1. The zero-order chi connectivity index (χ0) is 12.0. The Bertz CT molecular complexity index is 319. The van der Waals surface area contributed by atoms with E-state index < -0.39 is 0 Å². The fourth-order valence-corrected chi connectivity index (χ4v) is 1.69. The summed E-state index contributed by atoms with van der Waals surface area (Å²) in [6, 6.07) is 2.25. The molecule has 16 heavy (non-hydrogen) atoms. The minimum Gasteiger partial charge on any atom is -0.302 e. The number of pyridine rings is 1. The molecule has 0 saturated carbocycles. The quantitative estimate of drug-likeness (QED) is 0.722. The van der Waals surface area contributed by atoms with Gasteiger partial charge in [0.1, 0.15) is 0 Å². The van der Waals surface area contributed by atoms with E-state index in [-0.39, 0.29) is 0 Å². The predicted molar refractivity (Wildman–Crippen MR) is 69.6 cm³/mol. The number of likely N-dealkylation sites (N-methyl/N-ethyl adjacent to an activating group) is 1. The van der Waals surface area contributed by atoms with Crippen molar-refractivity contribution >= 4 is 0 Å². The van der Waals surface area contributed by atoms with E-state index in [1.165, 1.54) is 29.7 Å². The molecule has 0 N–H and O–H groups in total. The van der Waals surface area contributed by atoms with Gasteiger partial charge in [-0.2, -0.15) is 0 Å². The summed E-state index contributed by atoms with van der Waals surface area (Å²) in [6.07, 6.45) is 5.70. The largest absolute Gasteiger partial charge is 0.302 e. The number of nitrogens with zero attached hydrogens (tertiary/aromatic N) is 2. The molecule has 0 unspecified atom stereocenters. The van der Waals surface area contributed by atoms with E-state index in [0.29, 0.717) is 0 Å². The Balaban J connectivity index is 0.000000280. The van der Waals surface area contributed by atoms with Crippen LogP contribution in [0.25, 0.3) is 0 Å². The second-order valence-electron chi connectivity index (χ2n) is 4.61. The molecule has 0 atom stereocenters. The van der Waals surface area contributed by atoms with Crippen molar-refractivity contribution in [3.8, 4) is 0 Å². The van der Waals surface area contributed by atoms with Crippen LogP contribution in [0.15, 0.2) is 12.3 Å². The molecule has 0 aromatic carbocycles. The summed E-state index contributed by atoms with van der Waals surface area (Å²) in [6.45, 7) is 8.66. The van der Waals surface area contributed by atoms with Crippen molar-refractivity contribution < 1.29 is 0 Å². The lowest BCUT2D eigenvalue weighted by atomic mass is 10.0. The minimum atomic E-state index is 1.06. The predicted octanol–water partition coefficient (Wildman–Crippen LogP) is 3.18. The Morgan fingerprint density at radius 3 is 2.62 bits per heavy atom. The van der Waals surface area contributed by atoms with Crippen LogP contribution < -0.4 is 0 Å². The number of unbranched alkanes of at least 4 members (excludes halogenated alkanes) is 1. The summed E-state index contributed by atoms with van der Waals surface area (Å²) in [4.78, 5) is 6.76. The van der Waals surface area contributed by atoms with E-state index in [9.17, 15) is 0 Å². The lowest BCUT2D eigenvalue weighted by Crippen LogP contribution is -2.27. The zero-order valence-corrected chi connectivity index (χ0v) is 11.1. The molecule has 2 rings (SSSR count). The molecule has 0 amide bonds. The summed E-state index contributed by atoms with van der Waals surface area (Å²) in [5.74, 6) is 0. The Morgan fingerprint density at radius 2 is 2.00 bits per heavy atom. The Morgan fingerprint density at radius 1 is 1.31 bits per heavy atom. The van der Waals surface area contributed by atoms with Gasteiger partial charge in [0.05, 0.1) is 0 Å². The van der Waals surface area contributed by atoms with Gasteiger partial charge in [0, 0.05) is 31.4 Å². The van der Waals surface area contributed by atoms with Crippen LogP contribution in [-0.2, 0) is 13.0 Å². The Kier molecular flexibility index (Phi) is 5.47. The van der Waals surface area contributed by atoms with Gasteiger partial charge in [-0.25, -0.2) is 0 Å². The SMILES string of the molecule is CCCC.Cc1cnc2c(c1)CN(C)CC2. The third-order valence-electron chi connectivity index (χ3n) is 2.87. The number of hydrogen-bond donors (Lipinski definition) is 0. The van der Waals surface area contributed by atoms with E-state index in [1.807, 2.05) is 6.20 Å². The van der Waals surface area contributed by atoms with Crippen molar-refractivity contribution in [1.82, 2.24) is 9.88 Å². The van der Waals surface area contributed by atoms with E-state index >= 15 is 0 Å². The molecule has 2 heterocycles. The second kappa shape index (κ2) is 6.64. The van der Waals surface area contributed by atoms with Gasteiger partial charge in [0.25, 0.3) is 0 Å². The molecular formula is C14H24N2. The molecular weight excluding hydrogens is 196 g/mol. The maximum Gasteiger partial charge on any atom is 0.0461 e. The third-order valence-corrected chi connectivity index (χ3v) is 2.87. The van der Waals surface area contributed by atoms with Crippen LogP contribution in [-0.4, -0.2) is 23.5 Å². The summed E-state index contributed by atoms with van der Waals surface area (Å²) >= 11 is 0. The van der Waals surface area contributed by atoms with Gasteiger partial charge in [-0.3, -0.25) is 4.98 Å². The monoisotopic (exact) mass is 220 g/mol. The first kappa shape index (κ1) is 13.2. The maximum absolute atomic E-state index is 4.43. The van der Waals surface area contributed by atoms with Crippen molar-refractivity contribution in [1.29, 1.82) is 0 Å². The molecule has 1 aromatic rings. The van der Waals surface area contributed by atoms with Crippen molar-refractivity contribution in [3.63, 3.8) is 0 Å². The van der Waals surface area contributed by atoms with Gasteiger partial charge in [-0.1, -0.05) is 32.8 Å². The average molecular weight is 220 g/mol. The van der Waals surface area contributed by atoms with E-state index in [4.69, 9.17) is 0 Å². The van der Waals surface area contributed by atoms with Crippen LogP contribution in [0.5, 0.6) is 0 Å². The fourth-order valence-electron chi connectivity index (χ4n) is 1.69. The summed E-state index contributed by atoms with van der Waals surface area (Å²) < 4.78 is 0. The fraction of sp³-hybridized carbons (Fsp3) is 0.643. The highest BCUT2D eigenvalue weighted by molar-refractivity contribution is 5.26. The molecule has 0 spiro atoms. The van der Waals surface area contributed by atoms with Gasteiger partial charge < -0.3 is 4.90 Å². The first-order valence-electron chi connectivity index (χ1n) is 6.30. The molecule has 0 fully saturated rings. The summed E-state index contributed by atoms with van der Waals surface area (Å²) in [7, 11) is 2.16. The van der Waals surface area contributed by atoms with Crippen LogP contribution >= 0.6 is 0 Å².